The standard InChI is InChI=1S/C14H26N4O2/c19-9-5-8-18-11-13(16-17-18)10-15-12-14(20)6-3-1-2-4-7-14/h11,15,19-20H,1-10,12H2. The molecule has 0 aliphatic heterocycles. The molecule has 1 aromatic heterocycles. The van der Waals surface area contributed by atoms with Crippen molar-refractivity contribution in [1.82, 2.24) is 20.3 Å². The van der Waals surface area contributed by atoms with E-state index in [4.69, 9.17) is 5.11 Å². The van der Waals surface area contributed by atoms with Crippen LogP contribution in [0.5, 0.6) is 0 Å². The molecule has 3 N–H and O–H groups in total. The molecule has 1 saturated carbocycles. The summed E-state index contributed by atoms with van der Waals surface area (Å²) >= 11 is 0. The van der Waals surface area contributed by atoms with Crippen LogP contribution in [0.25, 0.3) is 0 Å². The quantitative estimate of drug-likeness (QED) is 0.645. The average molecular weight is 282 g/mol. The molecule has 1 aliphatic carbocycles. The Kier molecular flexibility index (Phi) is 5.94. The minimum atomic E-state index is -0.552. The third-order valence-corrected chi connectivity index (χ3v) is 3.93. The smallest absolute Gasteiger partial charge is 0.0964 e. The average Bonchev–Trinajstić information content (AvgIpc) is 2.77. The zero-order chi connectivity index (χ0) is 14.3. The van der Waals surface area contributed by atoms with E-state index < -0.39 is 5.60 Å². The van der Waals surface area contributed by atoms with Crippen molar-refractivity contribution in [3.63, 3.8) is 0 Å². The van der Waals surface area contributed by atoms with Gasteiger partial charge in [-0.05, 0) is 19.3 Å². The van der Waals surface area contributed by atoms with E-state index in [0.717, 1.165) is 31.4 Å². The molecule has 6 nitrogen and oxygen atoms in total. The molecule has 1 aliphatic rings. The van der Waals surface area contributed by atoms with Crippen LogP contribution in [0.3, 0.4) is 0 Å². The van der Waals surface area contributed by atoms with Crippen LogP contribution in [0.2, 0.25) is 0 Å². The Morgan fingerprint density at radius 1 is 1.25 bits per heavy atom. The van der Waals surface area contributed by atoms with Gasteiger partial charge in [0.25, 0.3) is 0 Å². The molecule has 0 atom stereocenters. The summed E-state index contributed by atoms with van der Waals surface area (Å²) in [5, 5.41) is 30.7. The zero-order valence-electron chi connectivity index (χ0n) is 12.1. The summed E-state index contributed by atoms with van der Waals surface area (Å²) in [5.74, 6) is 0. The third kappa shape index (κ3) is 4.85. The summed E-state index contributed by atoms with van der Waals surface area (Å²) in [7, 11) is 0. The van der Waals surface area contributed by atoms with Crippen LogP contribution in [0.1, 0.15) is 50.6 Å². The highest BCUT2D eigenvalue weighted by molar-refractivity contribution is 4.93. The lowest BCUT2D eigenvalue weighted by molar-refractivity contribution is 0.0250. The maximum atomic E-state index is 10.5. The van der Waals surface area contributed by atoms with Gasteiger partial charge in [-0.3, -0.25) is 4.68 Å². The van der Waals surface area contributed by atoms with Crippen LogP contribution in [0.4, 0.5) is 0 Å². The van der Waals surface area contributed by atoms with Gasteiger partial charge in [-0.15, -0.1) is 5.10 Å². The number of hydrogen-bond donors (Lipinski definition) is 3. The highest BCUT2D eigenvalue weighted by atomic mass is 16.3. The molecule has 20 heavy (non-hydrogen) atoms. The Balaban J connectivity index is 1.73. The lowest BCUT2D eigenvalue weighted by atomic mass is 9.94. The predicted octanol–water partition coefficient (Wildman–Crippen LogP) is 0.835. The first-order valence-corrected chi connectivity index (χ1v) is 7.65. The van der Waals surface area contributed by atoms with Crippen LogP contribution < -0.4 is 5.32 Å². The largest absolute Gasteiger partial charge is 0.396 e. The van der Waals surface area contributed by atoms with E-state index in [1.54, 1.807) is 4.68 Å². The van der Waals surface area contributed by atoms with Gasteiger partial charge in [0.2, 0.25) is 0 Å². The Morgan fingerprint density at radius 2 is 2.00 bits per heavy atom. The molecule has 1 aromatic rings. The van der Waals surface area contributed by atoms with E-state index in [1.165, 1.54) is 12.8 Å². The zero-order valence-corrected chi connectivity index (χ0v) is 12.1. The number of rotatable bonds is 7. The fourth-order valence-corrected chi connectivity index (χ4v) is 2.75. The number of aliphatic hydroxyl groups excluding tert-OH is 1. The summed E-state index contributed by atoms with van der Waals surface area (Å²) in [6.07, 6.45) is 9.08. The molecular weight excluding hydrogens is 256 g/mol. The molecule has 0 unspecified atom stereocenters. The minimum Gasteiger partial charge on any atom is -0.396 e. The second-order valence-corrected chi connectivity index (χ2v) is 5.79. The third-order valence-electron chi connectivity index (χ3n) is 3.93. The fourth-order valence-electron chi connectivity index (χ4n) is 2.75. The first-order chi connectivity index (χ1) is 9.72. The highest BCUT2D eigenvalue weighted by Gasteiger charge is 2.27. The van der Waals surface area contributed by atoms with Gasteiger partial charge in [0.1, 0.15) is 0 Å². The second kappa shape index (κ2) is 7.71. The van der Waals surface area contributed by atoms with Crippen LogP contribution in [0, 0.1) is 0 Å². The molecule has 0 amide bonds. The van der Waals surface area contributed by atoms with E-state index in [9.17, 15) is 5.11 Å². The summed E-state index contributed by atoms with van der Waals surface area (Å²) in [6, 6.07) is 0. The molecule has 2 rings (SSSR count). The van der Waals surface area contributed by atoms with Gasteiger partial charge in [-0.25, -0.2) is 0 Å². The summed E-state index contributed by atoms with van der Waals surface area (Å²) in [4.78, 5) is 0. The summed E-state index contributed by atoms with van der Waals surface area (Å²) in [6.45, 7) is 2.10. The predicted molar refractivity (Wildman–Crippen MR) is 76.1 cm³/mol. The lowest BCUT2D eigenvalue weighted by Gasteiger charge is -2.26. The van der Waals surface area contributed by atoms with Crippen LogP contribution >= 0.6 is 0 Å². The SMILES string of the molecule is OCCCn1cc(CNCC2(O)CCCCCC2)nn1. The first-order valence-electron chi connectivity index (χ1n) is 7.65. The van der Waals surface area contributed by atoms with Crippen molar-refractivity contribution in [2.45, 2.75) is 63.6 Å². The Labute approximate surface area is 120 Å². The Morgan fingerprint density at radius 3 is 2.70 bits per heavy atom. The molecule has 0 radical (unpaired) electrons. The van der Waals surface area contributed by atoms with Gasteiger partial charge in [0.15, 0.2) is 0 Å². The van der Waals surface area contributed by atoms with Gasteiger partial charge in [0, 0.05) is 32.4 Å². The van der Waals surface area contributed by atoms with Gasteiger partial charge in [0.05, 0.1) is 11.3 Å². The van der Waals surface area contributed by atoms with Crippen LogP contribution in [-0.2, 0) is 13.1 Å². The Hall–Kier alpha value is -0.980. The van der Waals surface area contributed by atoms with Gasteiger partial charge >= 0.3 is 0 Å². The number of aromatic nitrogens is 3. The number of nitrogens with one attached hydrogen (secondary N) is 1. The highest BCUT2D eigenvalue weighted by Crippen LogP contribution is 2.26. The first kappa shape index (κ1) is 15.4. The molecule has 0 bridgehead atoms. The van der Waals surface area contributed by atoms with E-state index in [1.807, 2.05) is 6.20 Å². The molecule has 0 spiro atoms. The Bertz CT molecular complexity index is 386. The van der Waals surface area contributed by atoms with Crippen LogP contribution in [-0.4, -0.2) is 44.0 Å². The van der Waals surface area contributed by atoms with Crippen molar-refractivity contribution >= 4 is 0 Å². The number of aryl methyl sites for hydroxylation is 1. The van der Waals surface area contributed by atoms with Gasteiger partial charge in [-0.1, -0.05) is 30.9 Å². The molecule has 1 fully saturated rings. The van der Waals surface area contributed by atoms with E-state index in [-0.39, 0.29) is 6.61 Å². The molecule has 0 aromatic carbocycles. The van der Waals surface area contributed by atoms with Gasteiger partial charge < -0.3 is 15.5 Å². The second-order valence-electron chi connectivity index (χ2n) is 5.79. The van der Waals surface area contributed by atoms with Crippen LogP contribution in [0.15, 0.2) is 6.20 Å². The summed E-state index contributed by atoms with van der Waals surface area (Å²) < 4.78 is 1.74. The van der Waals surface area contributed by atoms with Crippen molar-refractivity contribution in [2.24, 2.45) is 0 Å². The maximum absolute atomic E-state index is 10.5. The summed E-state index contributed by atoms with van der Waals surface area (Å²) in [5.41, 5.74) is 0.323. The van der Waals surface area contributed by atoms with Gasteiger partial charge in [-0.2, -0.15) is 0 Å². The van der Waals surface area contributed by atoms with E-state index in [0.29, 0.717) is 26.1 Å². The topological polar surface area (TPSA) is 83.2 Å². The van der Waals surface area contributed by atoms with Crippen molar-refractivity contribution < 1.29 is 10.2 Å². The van der Waals surface area contributed by atoms with Crippen molar-refractivity contribution in [1.29, 1.82) is 0 Å². The fraction of sp³-hybridized carbons (Fsp3) is 0.857. The molecule has 6 heteroatoms. The van der Waals surface area contributed by atoms with E-state index in [2.05, 4.69) is 15.6 Å². The number of nitrogens with zero attached hydrogens (tertiary/aromatic N) is 3. The van der Waals surface area contributed by atoms with Crippen molar-refractivity contribution in [3.05, 3.63) is 11.9 Å². The maximum Gasteiger partial charge on any atom is 0.0964 e. The normalized spacial score (nSPS) is 18.9. The van der Waals surface area contributed by atoms with Crippen molar-refractivity contribution in [2.75, 3.05) is 13.2 Å². The molecular formula is C14H26N4O2. The lowest BCUT2D eigenvalue weighted by Crippen LogP contribution is -2.39. The molecule has 1 heterocycles. The monoisotopic (exact) mass is 282 g/mol. The number of hydrogen-bond acceptors (Lipinski definition) is 5. The minimum absolute atomic E-state index is 0.167. The molecule has 114 valence electrons. The van der Waals surface area contributed by atoms with E-state index >= 15 is 0 Å². The molecule has 0 saturated heterocycles. The number of aliphatic hydroxyl groups is 2. The van der Waals surface area contributed by atoms with Crippen molar-refractivity contribution in [3.8, 4) is 0 Å².